The topological polar surface area (TPSA) is 129 Å². The standard InChI is InChI=1S/C15H18N2O4.C14H16N2O4/c1-20-14(18)13-8-7-12-9-16(13)15(19)17(12)21-10-11-5-3-2-4-6-11;17-13(18)12-7-6-11-8-15(12)14(19)16(11)20-9-10-4-2-1-3-5-10/h2-6,12-13H,7-10H2,1H3;1-5,11-12H,6-9H2,(H,17,18)/t12-,13+;11-,12+/m11/s1. The van der Waals surface area contributed by atoms with Crippen LogP contribution in [0.5, 0.6) is 0 Å². The Morgan fingerprint density at radius 3 is 1.61 bits per heavy atom. The molecule has 4 amide bonds. The van der Waals surface area contributed by atoms with Gasteiger partial charge in [0.1, 0.15) is 25.3 Å². The van der Waals surface area contributed by atoms with Crippen molar-refractivity contribution in [2.24, 2.45) is 0 Å². The highest BCUT2D eigenvalue weighted by Crippen LogP contribution is 2.32. The van der Waals surface area contributed by atoms with E-state index in [2.05, 4.69) is 0 Å². The number of rotatable bonds is 8. The van der Waals surface area contributed by atoms with Gasteiger partial charge >= 0.3 is 24.0 Å². The Balaban J connectivity index is 0.000000165. The van der Waals surface area contributed by atoms with Gasteiger partial charge in [0.05, 0.1) is 19.2 Å². The highest BCUT2D eigenvalue weighted by atomic mass is 16.7. The summed E-state index contributed by atoms with van der Waals surface area (Å²) in [5.41, 5.74) is 1.98. The SMILES string of the molecule is COC(=O)[C@@H]1CC[C@@H]2CN1C(=O)N2OCc1ccccc1.O=C(O)[C@@H]1CC[C@@H]2CN1C(=O)N2OCc1ccccc1. The summed E-state index contributed by atoms with van der Waals surface area (Å²) >= 11 is 0. The van der Waals surface area contributed by atoms with Gasteiger partial charge in [0.25, 0.3) is 0 Å². The molecule has 1 N–H and O–H groups in total. The predicted octanol–water partition coefficient (Wildman–Crippen LogP) is 3.03. The number of carboxylic acids is 1. The van der Waals surface area contributed by atoms with Crippen LogP contribution in [-0.2, 0) is 37.2 Å². The summed E-state index contributed by atoms with van der Waals surface area (Å²) in [6.45, 7) is 1.62. The molecule has 0 spiro atoms. The maximum Gasteiger partial charge on any atom is 0.345 e. The Hall–Kier alpha value is -4.16. The molecule has 0 saturated carbocycles. The van der Waals surface area contributed by atoms with E-state index in [0.29, 0.717) is 45.6 Å². The minimum absolute atomic E-state index is 0.0159. The average Bonchev–Trinajstić information content (AvgIpc) is 3.38. The van der Waals surface area contributed by atoms with E-state index in [0.717, 1.165) is 17.5 Å². The number of piperidine rings is 2. The van der Waals surface area contributed by atoms with Crippen molar-refractivity contribution in [1.29, 1.82) is 0 Å². The number of nitrogens with zero attached hydrogens (tertiary/aromatic N) is 4. The number of hydrogen-bond acceptors (Lipinski definition) is 7. The fourth-order valence-corrected chi connectivity index (χ4v) is 5.67. The minimum Gasteiger partial charge on any atom is -0.480 e. The van der Waals surface area contributed by atoms with Crippen LogP contribution >= 0.6 is 0 Å². The molecule has 41 heavy (non-hydrogen) atoms. The Morgan fingerprint density at radius 1 is 0.732 bits per heavy atom. The Labute approximate surface area is 237 Å². The largest absolute Gasteiger partial charge is 0.480 e. The number of esters is 1. The summed E-state index contributed by atoms with van der Waals surface area (Å²) in [6.07, 6.45) is 2.51. The molecule has 218 valence electrons. The van der Waals surface area contributed by atoms with Crippen molar-refractivity contribution in [2.45, 2.75) is 63.1 Å². The van der Waals surface area contributed by atoms with E-state index >= 15 is 0 Å². The summed E-state index contributed by atoms with van der Waals surface area (Å²) in [5.74, 6) is -1.30. The quantitative estimate of drug-likeness (QED) is 0.483. The summed E-state index contributed by atoms with van der Waals surface area (Å²) in [7, 11) is 1.35. The van der Waals surface area contributed by atoms with Gasteiger partial charge in [-0.15, -0.1) is 0 Å². The van der Waals surface area contributed by atoms with Crippen molar-refractivity contribution in [2.75, 3.05) is 20.2 Å². The molecule has 4 bridgehead atoms. The van der Waals surface area contributed by atoms with Gasteiger partial charge in [-0.05, 0) is 36.8 Å². The van der Waals surface area contributed by atoms with Crippen molar-refractivity contribution >= 4 is 24.0 Å². The lowest BCUT2D eigenvalue weighted by molar-refractivity contribution is -0.147. The zero-order valence-corrected chi connectivity index (χ0v) is 22.8. The number of benzene rings is 2. The van der Waals surface area contributed by atoms with Gasteiger partial charge in [0, 0.05) is 13.1 Å². The number of hydrogen-bond donors (Lipinski definition) is 1. The maximum atomic E-state index is 12.4. The molecule has 0 unspecified atom stereocenters. The number of fused-ring (bicyclic) bond motifs is 4. The molecule has 12 heteroatoms. The predicted molar refractivity (Wildman–Crippen MR) is 144 cm³/mol. The third kappa shape index (κ3) is 6.13. The molecule has 2 aromatic carbocycles. The number of carboxylic acid groups (broad SMARTS) is 1. The van der Waals surface area contributed by atoms with Crippen LogP contribution in [0.4, 0.5) is 9.59 Å². The van der Waals surface area contributed by atoms with Crippen LogP contribution < -0.4 is 0 Å². The van der Waals surface area contributed by atoms with Crippen LogP contribution in [-0.4, -0.2) is 93.4 Å². The van der Waals surface area contributed by atoms with Crippen molar-refractivity contribution in [3.63, 3.8) is 0 Å². The van der Waals surface area contributed by atoms with Crippen LogP contribution in [0, 0.1) is 0 Å². The van der Waals surface area contributed by atoms with Crippen molar-refractivity contribution < 1.29 is 38.7 Å². The van der Waals surface area contributed by atoms with E-state index in [1.165, 1.54) is 22.1 Å². The number of urea groups is 2. The zero-order chi connectivity index (χ0) is 28.9. The number of amides is 4. The van der Waals surface area contributed by atoms with E-state index < -0.39 is 18.1 Å². The van der Waals surface area contributed by atoms with Crippen LogP contribution in [0.2, 0.25) is 0 Å². The number of ether oxygens (including phenoxy) is 1. The van der Waals surface area contributed by atoms with E-state index in [9.17, 15) is 19.2 Å². The van der Waals surface area contributed by atoms with E-state index in [-0.39, 0.29) is 30.1 Å². The molecule has 0 aromatic heterocycles. The summed E-state index contributed by atoms with van der Waals surface area (Å²) < 4.78 is 4.76. The molecule has 6 rings (SSSR count). The molecule has 2 aromatic rings. The van der Waals surface area contributed by atoms with Gasteiger partial charge in [-0.1, -0.05) is 60.7 Å². The second-order valence-electron chi connectivity index (χ2n) is 10.4. The molecule has 4 aliphatic heterocycles. The Kier molecular flexibility index (Phi) is 8.70. The highest BCUT2D eigenvalue weighted by molar-refractivity contribution is 5.85. The lowest BCUT2D eigenvalue weighted by Crippen LogP contribution is -2.45. The lowest BCUT2D eigenvalue weighted by atomic mass is 10.0. The Bertz CT molecular complexity index is 1250. The second kappa shape index (κ2) is 12.6. The van der Waals surface area contributed by atoms with Crippen LogP contribution in [0.1, 0.15) is 36.8 Å². The van der Waals surface area contributed by atoms with E-state index in [1.54, 1.807) is 4.90 Å². The third-order valence-corrected chi connectivity index (χ3v) is 7.83. The van der Waals surface area contributed by atoms with Gasteiger partial charge in [0.2, 0.25) is 0 Å². The first kappa shape index (κ1) is 28.4. The highest BCUT2D eigenvalue weighted by Gasteiger charge is 2.49. The molecule has 0 aliphatic carbocycles. The molecule has 4 aliphatic rings. The zero-order valence-electron chi connectivity index (χ0n) is 22.8. The monoisotopic (exact) mass is 566 g/mol. The number of hydroxylamine groups is 4. The molecule has 4 saturated heterocycles. The molecule has 4 atom stereocenters. The first-order valence-electron chi connectivity index (χ1n) is 13.7. The summed E-state index contributed by atoms with van der Waals surface area (Å²) in [6, 6.07) is 17.5. The van der Waals surface area contributed by atoms with Gasteiger partial charge in [-0.2, -0.15) is 10.1 Å². The molecule has 4 heterocycles. The molecule has 12 nitrogen and oxygen atoms in total. The van der Waals surface area contributed by atoms with Crippen molar-refractivity contribution in [3.05, 3.63) is 71.8 Å². The first-order valence-corrected chi connectivity index (χ1v) is 13.7. The Morgan fingerprint density at radius 2 is 1.17 bits per heavy atom. The summed E-state index contributed by atoms with van der Waals surface area (Å²) in [5, 5.41) is 11.9. The van der Waals surface area contributed by atoms with E-state index in [1.807, 2.05) is 60.7 Å². The van der Waals surface area contributed by atoms with Crippen LogP contribution in [0.3, 0.4) is 0 Å². The number of methoxy groups -OCH3 is 1. The summed E-state index contributed by atoms with van der Waals surface area (Å²) in [4.78, 5) is 61.6. The lowest BCUT2D eigenvalue weighted by Gasteiger charge is -2.27. The number of carbonyl (C=O) groups excluding carboxylic acids is 3. The normalized spacial score (nSPS) is 24.7. The van der Waals surface area contributed by atoms with Crippen molar-refractivity contribution in [3.8, 4) is 0 Å². The average molecular weight is 567 g/mol. The smallest absolute Gasteiger partial charge is 0.345 e. The fourth-order valence-electron chi connectivity index (χ4n) is 5.67. The minimum atomic E-state index is -0.943. The van der Waals surface area contributed by atoms with E-state index in [4.69, 9.17) is 19.5 Å². The first-order chi connectivity index (χ1) is 19.9. The van der Waals surface area contributed by atoms with Crippen molar-refractivity contribution in [1.82, 2.24) is 19.9 Å². The maximum absolute atomic E-state index is 12.4. The second-order valence-corrected chi connectivity index (χ2v) is 10.4. The van der Waals surface area contributed by atoms with Gasteiger partial charge in [-0.25, -0.2) is 19.2 Å². The fraction of sp³-hybridized carbons (Fsp3) is 0.448. The third-order valence-electron chi connectivity index (χ3n) is 7.83. The van der Waals surface area contributed by atoms with Crippen LogP contribution in [0.25, 0.3) is 0 Å². The molecular weight excluding hydrogens is 532 g/mol. The number of carbonyl (C=O) groups is 4. The molecule has 0 radical (unpaired) electrons. The molecule has 4 fully saturated rings. The molecular formula is C29H34N4O8. The van der Waals surface area contributed by atoms with Crippen LogP contribution in [0.15, 0.2) is 60.7 Å². The van der Waals surface area contributed by atoms with Gasteiger partial charge in [0.15, 0.2) is 0 Å². The van der Waals surface area contributed by atoms with Gasteiger partial charge in [-0.3, -0.25) is 9.68 Å². The van der Waals surface area contributed by atoms with Gasteiger partial charge < -0.3 is 19.6 Å². The number of aliphatic carboxylic acids is 1.